The molecule has 1 fully saturated rings. The number of aryl methyl sites for hydroxylation is 2. The van der Waals surface area contributed by atoms with Gasteiger partial charge in [0.1, 0.15) is 0 Å². The molecule has 3 rings (SSSR count). The molecule has 1 unspecified atom stereocenters. The van der Waals surface area contributed by atoms with Gasteiger partial charge in [-0.05, 0) is 62.1 Å². The van der Waals surface area contributed by atoms with E-state index in [0.29, 0.717) is 18.4 Å². The molecule has 9 nitrogen and oxygen atoms in total. The van der Waals surface area contributed by atoms with Crippen molar-refractivity contribution in [3.05, 3.63) is 64.5 Å². The van der Waals surface area contributed by atoms with Crippen molar-refractivity contribution in [3.8, 4) is 0 Å². The maximum absolute atomic E-state index is 12.4. The van der Waals surface area contributed by atoms with E-state index < -0.39 is 15.5 Å². The number of imide groups is 1. The highest BCUT2D eigenvalue weighted by Crippen LogP contribution is 2.41. The van der Waals surface area contributed by atoms with Crippen LogP contribution >= 0.6 is 0 Å². The summed E-state index contributed by atoms with van der Waals surface area (Å²) in [5, 5.41) is 5.30. The lowest BCUT2D eigenvalue weighted by molar-refractivity contribution is -0.128. The molecule has 10 heteroatoms. The summed E-state index contributed by atoms with van der Waals surface area (Å²) in [4.78, 5) is 40.5. The number of rotatable bonds is 5. The Labute approximate surface area is 193 Å². The third-order valence-corrected chi connectivity index (χ3v) is 5.52. The van der Waals surface area contributed by atoms with Crippen LogP contribution in [0.1, 0.15) is 59.1 Å². The molecule has 0 bridgehead atoms. The summed E-state index contributed by atoms with van der Waals surface area (Å²) in [5.74, 6) is -0.781. The first-order valence-electron chi connectivity index (χ1n) is 10.3. The molecule has 2 aromatic rings. The minimum atomic E-state index is -3.67. The van der Waals surface area contributed by atoms with Crippen LogP contribution in [0.4, 0.5) is 0 Å². The first-order chi connectivity index (χ1) is 15.2. The number of hydrogen-bond acceptors (Lipinski definition) is 6. The highest BCUT2D eigenvalue weighted by Gasteiger charge is 2.46. The number of hydrogen-bond donors (Lipinski definition) is 3. The van der Waals surface area contributed by atoms with Gasteiger partial charge in [-0.3, -0.25) is 29.2 Å². The maximum Gasteiger partial charge on any atom is 0.261 e. The van der Waals surface area contributed by atoms with Gasteiger partial charge >= 0.3 is 0 Å². The molecule has 178 valence electrons. The number of benzene rings is 1. The van der Waals surface area contributed by atoms with Crippen molar-refractivity contribution in [2.45, 2.75) is 46.6 Å². The normalized spacial score (nSPS) is 18.7. The first kappa shape index (κ1) is 26.1. The van der Waals surface area contributed by atoms with Crippen LogP contribution in [0.15, 0.2) is 36.4 Å². The van der Waals surface area contributed by atoms with Gasteiger partial charge in [-0.1, -0.05) is 19.1 Å². The molecular formula is C23H29N3O6S. The Hall–Kier alpha value is -3.11. The van der Waals surface area contributed by atoms with Crippen molar-refractivity contribution in [1.82, 2.24) is 15.6 Å². The van der Waals surface area contributed by atoms with Crippen LogP contribution in [0, 0.1) is 19.3 Å². The quantitative estimate of drug-likeness (QED) is 0.445. The van der Waals surface area contributed by atoms with Crippen LogP contribution in [0.2, 0.25) is 0 Å². The fraction of sp³-hybridized carbons (Fsp3) is 0.391. The van der Waals surface area contributed by atoms with E-state index in [2.05, 4.69) is 15.6 Å². The zero-order valence-electron chi connectivity index (χ0n) is 19.3. The zero-order chi connectivity index (χ0) is 25.0. The largest absolute Gasteiger partial charge is 0.348 e. The predicted molar refractivity (Wildman–Crippen MR) is 123 cm³/mol. The predicted octanol–water partition coefficient (Wildman–Crippen LogP) is 2.29. The average molecular weight is 476 g/mol. The fourth-order valence-electron chi connectivity index (χ4n) is 3.68. The van der Waals surface area contributed by atoms with E-state index in [9.17, 15) is 22.8 Å². The van der Waals surface area contributed by atoms with Gasteiger partial charge in [0.2, 0.25) is 11.8 Å². The zero-order valence-corrected chi connectivity index (χ0v) is 20.1. The Bertz CT molecular complexity index is 1130. The summed E-state index contributed by atoms with van der Waals surface area (Å²) in [6.45, 7) is 8.02. The molecule has 1 aromatic heterocycles. The van der Waals surface area contributed by atoms with Crippen LogP contribution in [0.25, 0.3) is 0 Å². The molecule has 1 aliphatic rings. The Kier molecular flexibility index (Phi) is 8.10. The van der Waals surface area contributed by atoms with E-state index in [0.717, 1.165) is 22.5 Å². The Balaban J connectivity index is 0.000000696. The van der Waals surface area contributed by atoms with Crippen LogP contribution in [-0.2, 0) is 26.3 Å². The summed E-state index contributed by atoms with van der Waals surface area (Å²) in [6.07, 6.45) is 0.896. The number of amides is 3. The molecule has 2 atom stereocenters. The van der Waals surface area contributed by atoms with E-state index in [1.165, 1.54) is 0 Å². The smallest absolute Gasteiger partial charge is 0.261 e. The third kappa shape index (κ3) is 7.47. The second kappa shape index (κ2) is 10.2. The van der Waals surface area contributed by atoms with Crippen molar-refractivity contribution in [2.75, 3.05) is 6.26 Å². The Morgan fingerprint density at radius 1 is 1.18 bits per heavy atom. The van der Waals surface area contributed by atoms with Crippen molar-refractivity contribution >= 4 is 27.8 Å². The lowest BCUT2D eigenvalue weighted by Gasteiger charge is -2.28. The molecular weight excluding hydrogens is 446 g/mol. The van der Waals surface area contributed by atoms with Gasteiger partial charge in [0.25, 0.3) is 16.0 Å². The van der Waals surface area contributed by atoms with Gasteiger partial charge in [0.15, 0.2) is 0 Å². The molecule has 1 saturated heterocycles. The highest BCUT2D eigenvalue weighted by atomic mass is 32.2. The van der Waals surface area contributed by atoms with E-state index in [4.69, 9.17) is 4.55 Å². The van der Waals surface area contributed by atoms with Gasteiger partial charge in [-0.2, -0.15) is 8.42 Å². The number of nitrogens with zero attached hydrogens (tertiary/aromatic N) is 1. The average Bonchev–Trinajstić information content (AvgIpc) is 2.96. The second-order valence-electron chi connectivity index (χ2n) is 8.49. The number of nitrogens with one attached hydrogen (secondary N) is 2. The molecule has 2 heterocycles. The van der Waals surface area contributed by atoms with Crippen LogP contribution in [-0.4, -0.2) is 41.9 Å². The molecule has 0 aliphatic carbocycles. The first-order valence-corrected chi connectivity index (χ1v) is 12.1. The standard InChI is InChI=1S/C22H25N3O3.CH4O3S/c1-13-9-16(10-14(2)24-13)12-23-20(27)18-7-5-17(6-8-18)15(3)22(4)11-19(26)25-21(22)28;1-5(2,3)4/h5-10,15H,11-12H2,1-4H3,(H,23,27)(H,25,26,28);1H3,(H,2,3,4)/t15?,22-;/m0./s1. The summed E-state index contributed by atoms with van der Waals surface area (Å²) < 4.78 is 25.9. The number of carbonyl (C=O) groups is 3. The van der Waals surface area contributed by atoms with Crippen LogP contribution < -0.4 is 10.6 Å². The minimum Gasteiger partial charge on any atom is -0.348 e. The van der Waals surface area contributed by atoms with Gasteiger partial charge in [0, 0.05) is 29.9 Å². The molecule has 33 heavy (non-hydrogen) atoms. The number of pyridine rings is 1. The fourth-order valence-corrected chi connectivity index (χ4v) is 3.68. The topological polar surface area (TPSA) is 143 Å². The SMILES string of the molecule is CS(=O)(=O)O.Cc1cc(CNC(=O)c2ccc(C(C)[C@]3(C)CC(=O)NC3=O)cc2)cc(C)n1. The second-order valence-corrected chi connectivity index (χ2v) is 9.96. The minimum absolute atomic E-state index is 0.140. The molecule has 1 aromatic carbocycles. The van der Waals surface area contributed by atoms with E-state index >= 15 is 0 Å². The van der Waals surface area contributed by atoms with Crippen LogP contribution in [0.5, 0.6) is 0 Å². The molecule has 1 aliphatic heterocycles. The summed E-state index contributed by atoms with van der Waals surface area (Å²) in [7, 11) is -3.67. The molecule has 0 saturated carbocycles. The molecule has 0 radical (unpaired) electrons. The summed E-state index contributed by atoms with van der Waals surface area (Å²) >= 11 is 0. The maximum atomic E-state index is 12.4. The third-order valence-electron chi connectivity index (χ3n) is 5.52. The number of carbonyl (C=O) groups excluding carboxylic acids is 3. The van der Waals surface area contributed by atoms with Gasteiger partial charge in [-0.25, -0.2) is 0 Å². The highest BCUT2D eigenvalue weighted by molar-refractivity contribution is 7.85. The van der Waals surface area contributed by atoms with Gasteiger partial charge in [0.05, 0.1) is 11.7 Å². The summed E-state index contributed by atoms with van der Waals surface area (Å²) in [6, 6.07) is 11.1. The van der Waals surface area contributed by atoms with Gasteiger partial charge < -0.3 is 5.32 Å². The van der Waals surface area contributed by atoms with Crippen molar-refractivity contribution < 1.29 is 27.4 Å². The van der Waals surface area contributed by atoms with Crippen molar-refractivity contribution in [3.63, 3.8) is 0 Å². The van der Waals surface area contributed by atoms with Crippen molar-refractivity contribution in [1.29, 1.82) is 0 Å². The van der Waals surface area contributed by atoms with E-state index in [1.54, 1.807) is 19.1 Å². The summed E-state index contributed by atoms with van der Waals surface area (Å²) in [5.41, 5.74) is 3.56. The Morgan fingerprint density at radius 2 is 1.70 bits per heavy atom. The van der Waals surface area contributed by atoms with Crippen LogP contribution in [0.3, 0.4) is 0 Å². The van der Waals surface area contributed by atoms with Crippen molar-refractivity contribution in [2.24, 2.45) is 5.41 Å². The van der Waals surface area contributed by atoms with E-state index in [1.807, 2.05) is 45.0 Å². The lowest BCUT2D eigenvalue weighted by Crippen LogP contribution is -2.33. The Morgan fingerprint density at radius 3 is 2.15 bits per heavy atom. The molecule has 3 amide bonds. The molecule has 0 spiro atoms. The van der Waals surface area contributed by atoms with Gasteiger partial charge in [-0.15, -0.1) is 0 Å². The molecule has 3 N–H and O–H groups in total. The van der Waals surface area contributed by atoms with E-state index in [-0.39, 0.29) is 30.1 Å². The lowest BCUT2D eigenvalue weighted by atomic mass is 9.73. The monoisotopic (exact) mass is 475 g/mol. The number of aromatic nitrogens is 1.